The van der Waals surface area contributed by atoms with Gasteiger partial charge in [0.1, 0.15) is 19.0 Å². The molecule has 1 aromatic heterocycles. The first-order valence-corrected chi connectivity index (χ1v) is 10.3. The van der Waals surface area contributed by atoms with E-state index in [0.717, 1.165) is 18.4 Å². The summed E-state index contributed by atoms with van der Waals surface area (Å²) in [5, 5.41) is 3.58. The van der Waals surface area contributed by atoms with Crippen molar-refractivity contribution in [3.63, 3.8) is 0 Å². The van der Waals surface area contributed by atoms with Crippen LogP contribution < -0.4 is 20.3 Å². The summed E-state index contributed by atoms with van der Waals surface area (Å²) in [6.45, 7) is 1.40. The molecule has 3 aromatic rings. The minimum absolute atomic E-state index is 0.00781. The third-order valence-corrected chi connectivity index (χ3v) is 5.49. The normalized spacial score (nSPS) is 15.2. The lowest BCUT2D eigenvalue weighted by Gasteiger charge is -2.21. The highest BCUT2D eigenvalue weighted by atomic mass is 16.6. The Hall–Kier alpha value is -3.35. The quantitative estimate of drug-likeness (QED) is 0.682. The van der Waals surface area contributed by atoms with Crippen LogP contribution in [0, 0.1) is 0 Å². The molecule has 1 saturated carbocycles. The number of carbonyl (C=O) groups excluding carboxylic acids is 1. The van der Waals surface area contributed by atoms with Crippen molar-refractivity contribution < 1.29 is 14.3 Å². The molecule has 0 atom stereocenters. The summed E-state index contributed by atoms with van der Waals surface area (Å²) in [5.74, 6) is 2.00. The molecule has 1 aliphatic carbocycles. The van der Waals surface area contributed by atoms with Crippen LogP contribution in [0.5, 0.6) is 11.5 Å². The molecule has 0 bridgehead atoms. The number of hydrogen-bond donors (Lipinski definition) is 1. The highest BCUT2D eigenvalue weighted by Crippen LogP contribution is 2.35. The van der Waals surface area contributed by atoms with Crippen molar-refractivity contribution >= 4 is 16.8 Å². The fourth-order valence-corrected chi connectivity index (χ4v) is 3.86. The van der Waals surface area contributed by atoms with Gasteiger partial charge in [0, 0.05) is 31.0 Å². The lowest BCUT2D eigenvalue weighted by molar-refractivity contribution is -0.121. The first-order valence-electron chi connectivity index (χ1n) is 10.3. The molecule has 154 valence electrons. The smallest absolute Gasteiger partial charge is 0.261 e. The van der Waals surface area contributed by atoms with Crippen LogP contribution in [-0.4, -0.2) is 28.7 Å². The number of nitrogens with one attached hydrogen (secondary N) is 1. The largest absolute Gasteiger partial charge is 0.486 e. The topological polar surface area (TPSA) is 82.5 Å². The van der Waals surface area contributed by atoms with Crippen LogP contribution in [0.25, 0.3) is 10.9 Å². The van der Waals surface area contributed by atoms with E-state index in [1.807, 2.05) is 42.5 Å². The number of benzene rings is 2. The highest BCUT2D eigenvalue weighted by molar-refractivity contribution is 5.78. The Labute approximate surface area is 173 Å². The van der Waals surface area contributed by atoms with Crippen molar-refractivity contribution in [3.8, 4) is 11.5 Å². The number of amides is 1. The van der Waals surface area contributed by atoms with E-state index in [1.54, 1.807) is 4.57 Å². The van der Waals surface area contributed by atoms with Gasteiger partial charge in [0.2, 0.25) is 5.91 Å². The minimum Gasteiger partial charge on any atom is -0.486 e. The van der Waals surface area contributed by atoms with Gasteiger partial charge in [-0.3, -0.25) is 14.2 Å². The van der Waals surface area contributed by atoms with Crippen LogP contribution >= 0.6 is 0 Å². The lowest BCUT2D eigenvalue weighted by Crippen LogP contribution is -2.27. The Kier molecular flexibility index (Phi) is 4.86. The van der Waals surface area contributed by atoms with Gasteiger partial charge in [0.15, 0.2) is 11.5 Å². The molecular formula is C23H23N3O4. The van der Waals surface area contributed by atoms with Gasteiger partial charge in [-0.05, 0) is 31.0 Å². The van der Waals surface area contributed by atoms with E-state index in [1.165, 1.54) is 0 Å². The van der Waals surface area contributed by atoms with E-state index in [-0.39, 0.29) is 23.9 Å². The van der Waals surface area contributed by atoms with Crippen molar-refractivity contribution in [1.29, 1.82) is 0 Å². The Morgan fingerprint density at radius 3 is 2.80 bits per heavy atom. The zero-order valence-corrected chi connectivity index (χ0v) is 16.6. The van der Waals surface area contributed by atoms with E-state index >= 15 is 0 Å². The number of ether oxygens (including phenoxy) is 2. The summed E-state index contributed by atoms with van der Waals surface area (Å²) in [4.78, 5) is 30.1. The second-order valence-corrected chi connectivity index (χ2v) is 7.67. The molecular weight excluding hydrogens is 382 g/mol. The molecule has 0 saturated heterocycles. The number of rotatable bonds is 6. The molecule has 1 fully saturated rings. The Morgan fingerprint density at radius 2 is 1.93 bits per heavy atom. The lowest BCUT2D eigenvalue weighted by atomic mass is 10.1. The third-order valence-electron chi connectivity index (χ3n) is 5.49. The molecule has 0 unspecified atom stereocenters. The first-order chi connectivity index (χ1) is 14.7. The van der Waals surface area contributed by atoms with Crippen LogP contribution in [0.15, 0.2) is 47.3 Å². The maximum atomic E-state index is 12.9. The maximum absolute atomic E-state index is 12.9. The third kappa shape index (κ3) is 3.63. The Balaban J connectivity index is 1.29. The van der Waals surface area contributed by atoms with Gasteiger partial charge in [-0.1, -0.05) is 24.3 Å². The minimum atomic E-state index is -0.0888. The molecule has 30 heavy (non-hydrogen) atoms. The molecule has 1 aliphatic heterocycles. The van der Waals surface area contributed by atoms with E-state index in [0.29, 0.717) is 54.4 Å². The molecule has 2 aromatic carbocycles. The predicted octanol–water partition coefficient (Wildman–Crippen LogP) is 2.75. The second-order valence-electron chi connectivity index (χ2n) is 7.67. The number of aromatic nitrogens is 2. The van der Waals surface area contributed by atoms with Gasteiger partial charge in [-0.15, -0.1) is 0 Å². The fourth-order valence-electron chi connectivity index (χ4n) is 3.86. The summed E-state index contributed by atoms with van der Waals surface area (Å²) in [7, 11) is 0. The van der Waals surface area contributed by atoms with Gasteiger partial charge in [0.25, 0.3) is 5.56 Å². The van der Waals surface area contributed by atoms with E-state index in [2.05, 4.69) is 5.32 Å². The average Bonchev–Trinajstić information content (AvgIpc) is 3.61. The van der Waals surface area contributed by atoms with Crippen LogP contribution in [-0.2, 0) is 17.8 Å². The van der Waals surface area contributed by atoms with Crippen molar-refractivity contribution in [2.75, 3.05) is 13.2 Å². The molecule has 7 nitrogen and oxygen atoms in total. The number of carbonyl (C=O) groups is 1. The summed E-state index contributed by atoms with van der Waals surface area (Å²) in [6.07, 6.45) is 2.67. The van der Waals surface area contributed by atoms with Gasteiger partial charge >= 0.3 is 0 Å². The van der Waals surface area contributed by atoms with Crippen LogP contribution in [0.4, 0.5) is 0 Å². The number of nitrogens with zero attached hydrogens (tertiary/aromatic N) is 2. The van der Waals surface area contributed by atoms with Crippen LogP contribution in [0.1, 0.15) is 36.7 Å². The van der Waals surface area contributed by atoms with E-state index < -0.39 is 0 Å². The number of hydrogen-bond acceptors (Lipinski definition) is 5. The number of aryl methyl sites for hydroxylation is 1. The number of fused-ring (bicyclic) bond motifs is 2. The molecule has 2 aliphatic rings. The molecule has 7 heteroatoms. The zero-order chi connectivity index (χ0) is 20.5. The summed E-state index contributed by atoms with van der Waals surface area (Å²) in [5.41, 5.74) is 1.56. The SMILES string of the molecule is O=C(CCc1nc2ccccc2c(=O)n1C1CC1)NCc1cccc2c1OCCO2. The maximum Gasteiger partial charge on any atom is 0.261 e. The highest BCUT2D eigenvalue weighted by Gasteiger charge is 2.28. The van der Waals surface area contributed by atoms with Gasteiger partial charge < -0.3 is 14.8 Å². The van der Waals surface area contributed by atoms with Gasteiger partial charge in [0.05, 0.1) is 10.9 Å². The van der Waals surface area contributed by atoms with Crippen LogP contribution in [0.2, 0.25) is 0 Å². The molecule has 0 spiro atoms. The standard InChI is InChI=1S/C23H23N3O4/c27-21(24-14-15-4-3-7-19-22(15)30-13-12-29-19)11-10-20-25-18-6-2-1-5-17(18)23(28)26(20)16-8-9-16/h1-7,16H,8-14H2,(H,24,27). The van der Waals surface area contributed by atoms with Crippen molar-refractivity contribution in [2.24, 2.45) is 0 Å². The Bertz CT molecular complexity index is 1170. The first kappa shape index (κ1) is 18.7. The average molecular weight is 405 g/mol. The zero-order valence-electron chi connectivity index (χ0n) is 16.6. The summed E-state index contributed by atoms with van der Waals surface area (Å²) >= 11 is 0. The Morgan fingerprint density at radius 1 is 1.10 bits per heavy atom. The van der Waals surface area contributed by atoms with E-state index in [4.69, 9.17) is 14.5 Å². The molecule has 1 N–H and O–H groups in total. The molecule has 5 rings (SSSR count). The van der Waals surface area contributed by atoms with Crippen molar-refractivity contribution in [3.05, 3.63) is 64.2 Å². The van der Waals surface area contributed by atoms with Crippen LogP contribution in [0.3, 0.4) is 0 Å². The monoisotopic (exact) mass is 405 g/mol. The predicted molar refractivity (Wildman–Crippen MR) is 112 cm³/mol. The molecule has 0 radical (unpaired) electrons. The van der Waals surface area contributed by atoms with E-state index in [9.17, 15) is 9.59 Å². The fraction of sp³-hybridized carbons (Fsp3) is 0.348. The van der Waals surface area contributed by atoms with Crippen molar-refractivity contribution in [2.45, 2.75) is 38.3 Å². The number of para-hydroxylation sites is 2. The second kappa shape index (κ2) is 7.82. The summed E-state index contributed by atoms with van der Waals surface area (Å²) < 4.78 is 13.1. The van der Waals surface area contributed by atoms with Gasteiger partial charge in [-0.25, -0.2) is 4.98 Å². The molecule has 1 amide bonds. The molecule has 2 heterocycles. The van der Waals surface area contributed by atoms with Gasteiger partial charge in [-0.2, -0.15) is 0 Å². The van der Waals surface area contributed by atoms with Crippen molar-refractivity contribution in [1.82, 2.24) is 14.9 Å². The summed E-state index contributed by atoms with van der Waals surface area (Å²) in [6, 6.07) is 13.3.